The third kappa shape index (κ3) is 2.82. The molecule has 4 nitrogen and oxygen atoms in total. The lowest BCUT2D eigenvalue weighted by molar-refractivity contribution is 0.572. The van der Waals surface area contributed by atoms with Crippen LogP contribution in [-0.2, 0) is 6.54 Å². The Morgan fingerprint density at radius 2 is 2.11 bits per heavy atom. The van der Waals surface area contributed by atoms with Gasteiger partial charge >= 0.3 is 0 Å². The van der Waals surface area contributed by atoms with Crippen LogP contribution in [0.4, 0.5) is 5.69 Å². The van der Waals surface area contributed by atoms with Crippen LogP contribution in [0, 0.1) is 6.92 Å². The maximum Gasteiger partial charge on any atom is 0.181 e. The summed E-state index contributed by atoms with van der Waals surface area (Å²) in [5, 5.41) is 6.51. The molecular weight excluding hydrogens is 258 g/mol. The monoisotopic (exact) mass is 271 g/mol. The van der Waals surface area contributed by atoms with E-state index in [1.165, 1.54) is 6.39 Å². The fourth-order valence-electron chi connectivity index (χ4n) is 1.79. The molecule has 3 aromatic rings. The van der Waals surface area contributed by atoms with Gasteiger partial charge in [-0.25, -0.2) is 9.97 Å². The van der Waals surface area contributed by atoms with E-state index >= 15 is 0 Å². The van der Waals surface area contributed by atoms with Crippen molar-refractivity contribution in [3.8, 4) is 11.3 Å². The summed E-state index contributed by atoms with van der Waals surface area (Å²) in [4.78, 5) is 8.33. The Morgan fingerprint density at radius 3 is 2.74 bits per heavy atom. The number of aromatic nitrogens is 2. The number of nitrogens with zero attached hydrogens (tertiary/aromatic N) is 2. The van der Waals surface area contributed by atoms with Gasteiger partial charge in [0.15, 0.2) is 12.2 Å². The van der Waals surface area contributed by atoms with Crippen LogP contribution >= 0.6 is 11.3 Å². The summed E-state index contributed by atoms with van der Waals surface area (Å²) in [6.45, 7) is 2.76. The molecule has 5 heteroatoms. The van der Waals surface area contributed by atoms with E-state index in [4.69, 9.17) is 4.42 Å². The third-order valence-electron chi connectivity index (χ3n) is 2.74. The summed E-state index contributed by atoms with van der Waals surface area (Å²) in [6.07, 6.45) is 3.15. The molecule has 0 fully saturated rings. The average molecular weight is 271 g/mol. The Bertz CT molecular complexity index is 644. The van der Waals surface area contributed by atoms with Crippen molar-refractivity contribution in [2.45, 2.75) is 13.5 Å². The number of benzene rings is 1. The first-order valence-electron chi connectivity index (χ1n) is 5.95. The number of thiazole rings is 1. The number of hydrogen-bond acceptors (Lipinski definition) is 5. The van der Waals surface area contributed by atoms with E-state index in [1.54, 1.807) is 17.5 Å². The van der Waals surface area contributed by atoms with Gasteiger partial charge in [0.25, 0.3) is 0 Å². The van der Waals surface area contributed by atoms with Crippen molar-refractivity contribution in [1.29, 1.82) is 0 Å². The highest BCUT2D eigenvalue weighted by atomic mass is 32.1. The van der Waals surface area contributed by atoms with Crippen molar-refractivity contribution in [3.63, 3.8) is 0 Å². The van der Waals surface area contributed by atoms with Gasteiger partial charge in [0.2, 0.25) is 0 Å². The smallest absolute Gasteiger partial charge is 0.181 e. The van der Waals surface area contributed by atoms with Crippen LogP contribution in [0.25, 0.3) is 11.3 Å². The molecule has 0 aliphatic heterocycles. The van der Waals surface area contributed by atoms with E-state index in [1.807, 2.05) is 31.2 Å². The minimum Gasteiger partial charge on any atom is -0.444 e. The number of hydrogen-bond donors (Lipinski definition) is 1. The minimum atomic E-state index is 0.742. The summed E-state index contributed by atoms with van der Waals surface area (Å²) >= 11 is 1.67. The lowest BCUT2D eigenvalue weighted by Crippen LogP contribution is -1.99. The predicted octanol–water partition coefficient (Wildman–Crippen LogP) is 3.72. The number of anilines is 1. The molecule has 2 heterocycles. The summed E-state index contributed by atoms with van der Waals surface area (Å²) in [5.41, 5.74) is 3.16. The molecule has 96 valence electrons. The van der Waals surface area contributed by atoms with Crippen LogP contribution < -0.4 is 5.32 Å². The molecule has 1 N–H and O–H groups in total. The highest BCUT2D eigenvalue weighted by Gasteiger charge is 2.02. The van der Waals surface area contributed by atoms with Crippen LogP contribution in [-0.4, -0.2) is 9.97 Å². The fourth-order valence-corrected chi connectivity index (χ4v) is 2.41. The van der Waals surface area contributed by atoms with Gasteiger partial charge in [-0.15, -0.1) is 11.3 Å². The molecule has 0 radical (unpaired) electrons. The minimum absolute atomic E-state index is 0.742. The van der Waals surface area contributed by atoms with Gasteiger partial charge in [-0.1, -0.05) is 0 Å². The molecule has 0 aliphatic carbocycles. The second-order valence-corrected chi connectivity index (χ2v) is 5.22. The lowest BCUT2D eigenvalue weighted by atomic mass is 10.1. The topological polar surface area (TPSA) is 51.0 Å². The van der Waals surface area contributed by atoms with Gasteiger partial charge < -0.3 is 9.73 Å². The van der Waals surface area contributed by atoms with Crippen LogP contribution in [0.1, 0.15) is 10.7 Å². The summed E-state index contributed by atoms with van der Waals surface area (Å²) < 4.78 is 5.25. The molecule has 0 aliphatic rings. The van der Waals surface area contributed by atoms with Crippen molar-refractivity contribution in [2.75, 3.05) is 5.32 Å². The van der Waals surface area contributed by atoms with Gasteiger partial charge in [-0.2, -0.15) is 0 Å². The molecule has 3 rings (SSSR count). The second-order valence-electron chi connectivity index (χ2n) is 4.15. The molecule has 0 unspecified atom stereocenters. The molecule has 19 heavy (non-hydrogen) atoms. The van der Waals surface area contributed by atoms with Gasteiger partial charge in [0.05, 0.1) is 23.4 Å². The first-order valence-corrected chi connectivity index (χ1v) is 6.83. The number of rotatable bonds is 4. The van der Waals surface area contributed by atoms with Crippen molar-refractivity contribution in [2.24, 2.45) is 0 Å². The number of aryl methyl sites for hydroxylation is 1. The van der Waals surface area contributed by atoms with E-state index in [0.29, 0.717) is 0 Å². The molecule has 2 aromatic heterocycles. The quantitative estimate of drug-likeness (QED) is 0.785. The summed E-state index contributed by atoms with van der Waals surface area (Å²) in [7, 11) is 0. The van der Waals surface area contributed by atoms with Gasteiger partial charge in [0.1, 0.15) is 0 Å². The normalized spacial score (nSPS) is 10.6. The largest absolute Gasteiger partial charge is 0.444 e. The van der Waals surface area contributed by atoms with Crippen LogP contribution in [0.5, 0.6) is 0 Å². The van der Waals surface area contributed by atoms with E-state index in [9.17, 15) is 0 Å². The molecule has 0 spiro atoms. The molecule has 0 atom stereocenters. The average Bonchev–Trinajstić information content (AvgIpc) is 3.08. The SMILES string of the molecule is Cc1nc(CNc2ccc(-c3cnco3)cc2)cs1. The Balaban J connectivity index is 1.66. The van der Waals surface area contributed by atoms with E-state index in [2.05, 4.69) is 20.7 Å². The van der Waals surface area contributed by atoms with Crippen molar-refractivity contribution in [3.05, 3.63) is 52.9 Å². The second kappa shape index (κ2) is 5.24. The van der Waals surface area contributed by atoms with Crippen molar-refractivity contribution < 1.29 is 4.42 Å². The Hall–Kier alpha value is -2.14. The molecular formula is C14H13N3OS. The van der Waals surface area contributed by atoms with E-state index in [0.717, 1.165) is 34.3 Å². The van der Waals surface area contributed by atoms with Crippen LogP contribution in [0.3, 0.4) is 0 Å². The maximum absolute atomic E-state index is 5.25. The zero-order valence-electron chi connectivity index (χ0n) is 10.5. The first kappa shape index (κ1) is 11.9. The fraction of sp³-hybridized carbons (Fsp3) is 0.143. The summed E-state index contributed by atoms with van der Waals surface area (Å²) in [5.74, 6) is 0.779. The summed E-state index contributed by atoms with van der Waals surface area (Å²) in [6, 6.07) is 8.07. The van der Waals surface area contributed by atoms with Crippen LogP contribution in [0.15, 0.2) is 46.7 Å². The lowest BCUT2D eigenvalue weighted by Gasteiger charge is -2.05. The Kier molecular flexibility index (Phi) is 3.29. The number of oxazole rings is 1. The zero-order valence-corrected chi connectivity index (χ0v) is 11.3. The maximum atomic E-state index is 5.25. The van der Waals surface area contributed by atoms with E-state index in [-0.39, 0.29) is 0 Å². The Morgan fingerprint density at radius 1 is 1.26 bits per heavy atom. The van der Waals surface area contributed by atoms with E-state index < -0.39 is 0 Å². The number of nitrogens with one attached hydrogen (secondary N) is 1. The Labute approximate surface area is 115 Å². The highest BCUT2D eigenvalue weighted by molar-refractivity contribution is 7.09. The van der Waals surface area contributed by atoms with Gasteiger partial charge in [0, 0.05) is 16.6 Å². The van der Waals surface area contributed by atoms with Crippen molar-refractivity contribution in [1.82, 2.24) is 9.97 Å². The van der Waals surface area contributed by atoms with Gasteiger partial charge in [-0.05, 0) is 31.2 Å². The predicted molar refractivity (Wildman–Crippen MR) is 76.1 cm³/mol. The van der Waals surface area contributed by atoms with Crippen molar-refractivity contribution >= 4 is 17.0 Å². The molecule has 1 aromatic carbocycles. The molecule has 0 saturated carbocycles. The molecule has 0 amide bonds. The standard InChI is InChI=1S/C14H13N3OS/c1-10-17-13(8-19-10)6-16-12-4-2-11(3-5-12)14-7-15-9-18-14/h2-5,7-9,16H,6H2,1H3. The first-order chi connectivity index (χ1) is 9.31. The molecule has 0 saturated heterocycles. The zero-order chi connectivity index (χ0) is 13.1. The van der Waals surface area contributed by atoms with Crippen LogP contribution in [0.2, 0.25) is 0 Å². The van der Waals surface area contributed by atoms with Gasteiger partial charge in [-0.3, -0.25) is 0 Å². The third-order valence-corrected chi connectivity index (χ3v) is 3.56. The highest BCUT2D eigenvalue weighted by Crippen LogP contribution is 2.21. The molecule has 0 bridgehead atoms.